The number of rotatable bonds is 1. The van der Waals surface area contributed by atoms with Gasteiger partial charge in [-0.2, -0.15) is 5.26 Å². The predicted octanol–water partition coefficient (Wildman–Crippen LogP) is 9.41. The molecule has 0 amide bonds. The maximum absolute atomic E-state index is 9.49. The van der Waals surface area contributed by atoms with Crippen LogP contribution in [0.4, 0.5) is 0 Å². The molecular weight excluding hydrogens is 428 g/mol. The molecule has 7 unspecified atom stereocenters. The maximum atomic E-state index is 9.49. The Hall–Kier alpha value is -1.04. The van der Waals surface area contributed by atoms with Crippen LogP contribution in [0.2, 0.25) is 0 Å². The molecule has 1 N–H and O–H groups in total. The summed E-state index contributed by atoms with van der Waals surface area (Å²) in [6, 6.07) is 0. The van der Waals surface area contributed by atoms with Crippen molar-refractivity contribution in [3.05, 3.63) is 0 Å². The van der Waals surface area contributed by atoms with Crippen LogP contribution in [0, 0.1) is 68.2 Å². The van der Waals surface area contributed by atoms with Crippen molar-refractivity contribution in [2.45, 2.75) is 139 Å². The zero-order valence-electron chi connectivity index (χ0n) is 24.8. The number of fused-ring (bicyclic) bond motifs is 7. The van der Waals surface area contributed by atoms with Crippen molar-refractivity contribution in [3.8, 4) is 6.26 Å². The lowest BCUT2D eigenvalue weighted by Crippen LogP contribution is -2.67. The Morgan fingerprint density at radius 1 is 0.800 bits per heavy atom. The zero-order valence-corrected chi connectivity index (χ0v) is 24.8. The number of nitrogens with zero attached hydrogens (tertiary/aromatic N) is 1. The van der Waals surface area contributed by atoms with E-state index in [9.17, 15) is 5.26 Å². The largest absolute Gasteiger partial charge is 0.421 e. The first-order valence-corrected chi connectivity index (χ1v) is 15.1. The van der Waals surface area contributed by atoms with Gasteiger partial charge in [0.25, 0.3) is 6.26 Å². The number of hydrogen-bond acceptors (Lipinski definition) is 3. The van der Waals surface area contributed by atoms with Gasteiger partial charge in [-0.3, -0.25) is 0 Å². The first-order valence-electron chi connectivity index (χ1n) is 15.1. The van der Waals surface area contributed by atoms with E-state index in [2.05, 4.69) is 47.8 Å². The quantitative estimate of drug-likeness (QED) is 0.377. The molecule has 0 aromatic carbocycles. The van der Waals surface area contributed by atoms with Gasteiger partial charge in [0.1, 0.15) is 5.60 Å². The van der Waals surface area contributed by atoms with E-state index in [4.69, 9.17) is 10.1 Å². The molecule has 5 aliphatic rings. The lowest BCUT2D eigenvalue weighted by molar-refractivity contribution is -0.238. The van der Waals surface area contributed by atoms with Gasteiger partial charge in [-0.15, -0.1) is 0 Å². The molecule has 200 valence electrons. The summed E-state index contributed by atoms with van der Waals surface area (Å²) in [6.45, 7) is 23.1. The average Bonchev–Trinajstić information content (AvgIpc) is 3.16. The van der Waals surface area contributed by atoms with Crippen molar-refractivity contribution >= 4 is 5.71 Å². The van der Waals surface area contributed by atoms with Crippen LogP contribution in [0.5, 0.6) is 0 Å². The Labute approximate surface area is 217 Å². The summed E-state index contributed by atoms with van der Waals surface area (Å²) < 4.78 is 5.95. The van der Waals surface area contributed by atoms with Gasteiger partial charge in [-0.25, -0.2) is 0 Å². The molecule has 5 fully saturated rings. The van der Waals surface area contributed by atoms with Crippen molar-refractivity contribution < 1.29 is 4.74 Å². The smallest absolute Gasteiger partial charge is 0.286 e. The Kier molecular flexibility index (Phi) is 7.89. The standard InChI is InChI=1S/C28H44N2O.2C2H6/c1-18-9-14-28(31-17-29)16-15-26(5)19(23(18)28)7-8-21-25(4)12-11-22(30)24(2,3)20(25)10-13-27(21,26)6;2*1-2/h18-21,23,30H,7-16H2,1-6H3;2*1-2H3/t18-,19?,20?,21?,23?,25?,26-,27?,28?;;/m1../s1. The van der Waals surface area contributed by atoms with E-state index in [1.54, 1.807) is 0 Å². The van der Waals surface area contributed by atoms with Crippen molar-refractivity contribution in [1.29, 1.82) is 10.7 Å². The highest BCUT2D eigenvalue weighted by molar-refractivity contribution is 5.88. The second kappa shape index (κ2) is 9.68. The van der Waals surface area contributed by atoms with Crippen LogP contribution in [0.15, 0.2) is 0 Å². The van der Waals surface area contributed by atoms with Crippen LogP contribution >= 0.6 is 0 Å². The summed E-state index contributed by atoms with van der Waals surface area (Å²) in [5.74, 6) is 3.30. The summed E-state index contributed by atoms with van der Waals surface area (Å²) in [4.78, 5) is 0. The molecule has 0 bridgehead atoms. The molecule has 0 aromatic heterocycles. The van der Waals surface area contributed by atoms with Gasteiger partial charge >= 0.3 is 0 Å². The summed E-state index contributed by atoms with van der Waals surface area (Å²) in [5, 5.41) is 18.2. The fourth-order valence-corrected chi connectivity index (χ4v) is 11.0. The van der Waals surface area contributed by atoms with E-state index in [-0.39, 0.29) is 11.0 Å². The van der Waals surface area contributed by atoms with Gasteiger partial charge in [0.2, 0.25) is 0 Å². The normalized spacial score (nSPS) is 49.3. The SMILES string of the molecule is CC.CC.C[C@@H]1CCC2(OC#N)CC[C@]3(C)C(CCC4C5(C)CCC(=N)C(C)(C)C5CCC43C)C12. The summed E-state index contributed by atoms with van der Waals surface area (Å²) >= 11 is 0. The average molecular weight is 485 g/mol. The predicted molar refractivity (Wildman–Crippen MR) is 147 cm³/mol. The van der Waals surface area contributed by atoms with Crippen LogP contribution in [0.3, 0.4) is 0 Å². The maximum Gasteiger partial charge on any atom is 0.286 e. The highest BCUT2D eigenvalue weighted by Gasteiger charge is 2.71. The Bertz CT molecular complexity index is 828. The molecule has 3 nitrogen and oxygen atoms in total. The van der Waals surface area contributed by atoms with Gasteiger partial charge in [0, 0.05) is 17.0 Å². The van der Waals surface area contributed by atoms with Crippen molar-refractivity contribution in [3.63, 3.8) is 0 Å². The van der Waals surface area contributed by atoms with Crippen LogP contribution in [0.1, 0.15) is 133 Å². The number of nitriles is 1. The molecule has 0 spiro atoms. The minimum atomic E-state index is -0.176. The summed E-state index contributed by atoms with van der Waals surface area (Å²) in [6.07, 6.45) is 14.2. The Morgan fingerprint density at radius 3 is 2.09 bits per heavy atom. The second-order valence-electron chi connectivity index (χ2n) is 13.7. The van der Waals surface area contributed by atoms with Gasteiger partial charge in [0.05, 0.1) is 0 Å². The first kappa shape index (κ1) is 28.5. The molecule has 0 aromatic rings. The number of ether oxygens (including phenoxy) is 1. The molecule has 0 saturated heterocycles. The Balaban J connectivity index is 0.000000815. The first-order chi connectivity index (χ1) is 16.5. The van der Waals surface area contributed by atoms with Gasteiger partial charge in [0.15, 0.2) is 0 Å². The second-order valence-corrected chi connectivity index (χ2v) is 13.7. The Morgan fingerprint density at radius 2 is 1.46 bits per heavy atom. The third-order valence-electron chi connectivity index (χ3n) is 12.8. The van der Waals surface area contributed by atoms with E-state index >= 15 is 0 Å². The third kappa shape index (κ3) is 3.74. The number of hydrogen-bond donors (Lipinski definition) is 1. The summed E-state index contributed by atoms with van der Waals surface area (Å²) in [7, 11) is 0. The molecular formula is C32H56N2O. The van der Waals surface area contributed by atoms with Gasteiger partial charge in [-0.05, 0) is 104 Å². The van der Waals surface area contributed by atoms with E-state index in [1.165, 1.54) is 44.9 Å². The van der Waals surface area contributed by atoms with E-state index in [1.807, 2.05) is 27.7 Å². The van der Waals surface area contributed by atoms with Gasteiger partial charge < -0.3 is 10.1 Å². The van der Waals surface area contributed by atoms with Crippen molar-refractivity contribution in [1.82, 2.24) is 0 Å². The fraction of sp³-hybridized carbons (Fsp3) is 0.938. The van der Waals surface area contributed by atoms with Crippen molar-refractivity contribution in [2.24, 2.45) is 51.2 Å². The highest BCUT2D eigenvalue weighted by atomic mass is 16.5. The van der Waals surface area contributed by atoms with Crippen LogP contribution < -0.4 is 0 Å². The lowest BCUT2D eigenvalue weighted by Gasteiger charge is -2.72. The lowest BCUT2D eigenvalue weighted by atomic mass is 9.33. The molecule has 5 saturated carbocycles. The van der Waals surface area contributed by atoms with Crippen LogP contribution in [0.25, 0.3) is 0 Å². The monoisotopic (exact) mass is 484 g/mol. The topological polar surface area (TPSA) is 56.9 Å². The molecule has 0 aliphatic heterocycles. The molecule has 35 heavy (non-hydrogen) atoms. The number of nitrogens with one attached hydrogen (secondary N) is 1. The third-order valence-corrected chi connectivity index (χ3v) is 12.8. The molecule has 9 atom stereocenters. The van der Waals surface area contributed by atoms with E-state index in [0.29, 0.717) is 39.9 Å². The van der Waals surface area contributed by atoms with Crippen LogP contribution in [-0.4, -0.2) is 11.3 Å². The molecule has 0 radical (unpaired) electrons. The van der Waals surface area contributed by atoms with Crippen LogP contribution in [-0.2, 0) is 4.74 Å². The van der Waals surface area contributed by atoms with E-state index < -0.39 is 0 Å². The zero-order chi connectivity index (χ0) is 26.4. The molecule has 5 aliphatic carbocycles. The highest BCUT2D eigenvalue weighted by Crippen LogP contribution is 2.76. The molecule has 3 heteroatoms. The summed E-state index contributed by atoms with van der Waals surface area (Å²) in [5.41, 5.74) is 1.92. The van der Waals surface area contributed by atoms with Crippen molar-refractivity contribution in [2.75, 3.05) is 0 Å². The van der Waals surface area contributed by atoms with Gasteiger partial charge in [-0.1, -0.05) is 69.2 Å². The molecule has 0 heterocycles. The van der Waals surface area contributed by atoms with E-state index in [0.717, 1.165) is 30.9 Å². The minimum Gasteiger partial charge on any atom is -0.421 e. The molecule has 5 rings (SSSR count). The minimum absolute atomic E-state index is 0.0500. The fourth-order valence-electron chi connectivity index (χ4n) is 11.0.